The van der Waals surface area contributed by atoms with Crippen molar-refractivity contribution in [1.29, 1.82) is 0 Å². The molecule has 0 bridgehead atoms. The van der Waals surface area contributed by atoms with Gasteiger partial charge < -0.3 is 4.98 Å². The van der Waals surface area contributed by atoms with Crippen molar-refractivity contribution in [3.63, 3.8) is 0 Å². The smallest absolute Gasteiger partial charge is 0.189 e. The molecular weight excluding hydrogens is 174 g/mol. The number of pyridine rings is 1. The molecule has 0 saturated heterocycles. The fourth-order valence-electron chi connectivity index (χ4n) is 1.52. The van der Waals surface area contributed by atoms with Gasteiger partial charge in [-0.25, -0.2) is 0 Å². The first-order valence-electron chi connectivity index (χ1n) is 4.56. The maximum atomic E-state index is 11.6. The summed E-state index contributed by atoms with van der Waals surface area (Å²) in [5.74, 6) is 0. The van der Waals surface area contributed by atoms with E-state index in [4.69, 9.17) is 0 Å². The van der Waals surface area contributed by atoms with Gasteiger partial charge in [-0.1, -0.05) is 24.3 Å². The van der Waals surface area contributed by atoms with Gasteiger partial charge in [-0.2, -0.15) is 0 Å². The van der Waals surface area contributed by atoms with Crippen LogP contribution >= 0.6 is 0 Å². The molecule has 0 aliphatic heterocycles. The summed E-state index contributed by atoms with van der Waals surface area (Å²) in [6.07, 6.45) is 11.4. The Morgan fingerprint density at radius 2 is 2.21 bits per heavy atom. The summed E-state index contributed by atoms with van der Waals surface area (Å²) in [5, 5.41) is 0. The SMILES string of the molecule is CC=CC=C1C=Cc2[nH]ccc(=O)c21. The number of fused-ring (bicyclic) bond motifs is 1. The van der Waals surface area contributed by atoms with Crippen molar-refractivity contribution in [3.8, 4) is 0 Å². The molecule has 1 aromatic heterocycles. The summed E-state index contributed by atoms with van der Waals surface area (Å²) < 4.78 is 0. The summed E-state index contributed by atoms with van der Waals surface area (Å²) in [6, 6.07) is 1.55. The predicted molar refractivity (Wildman–Crippen MR) is 58.9 cm³/mol. The highest BCUT2D eigenvalue weighted by Crippen LogP contribution is 2.23. The largest absolute Gasteiger partial charge is 0.361 e. The van der Waals surface area contributed by atoms with Crippen molar-refractivity contribution < 1.29 is 0 Å². The molecule has 70 valence electrons. The number of hydrogen-bond acceptors (Lipinski definition) is 1. The minimum absolute atomic E-state index is 0.0690. The number of aromatic amines is 1. The Kier molecular flexibility index (Phi) is 2.19. The van der Waals surface area contributed by atoms with Crippen molar-refractivity contribution in [3.05, 3.63) is 58.0 Å². The van der Waals surface area contributed by atoms with Crippen LogP contribution in [-0.4, -0.2) is 4.98 Å². The molecule has 2 rings (SSSR count). The molecule has 1 aliphatic rings. The number of allylic oxidation sites excluding steroid dienone is 5. The molecule has 0 fully saturated rings. The summed E-state index contributed by atoms with van der Waals surface area (Å²) in [6.45, 7) is 1.95. The summed E-state index contributed by atoms with van der Waals surface area (Å²) in [5.41, 5.74) is 2.71. The van der Waals surface area contributed by atoms with Crippen LogP contribution in [0.4, 0.5) is 0 Å². The number of nitrogens with one attached hydrogen (secondary N) is 1. The Morgan fingerprint density at radius 1 is 1.36 bits per heavy atom. The zero-order valence-corrected chi connectivity index (χ0v) is 7.95. The Bertz CT molecular complexity index is 489. The molecule has 0 amide bonds. The van der Waals surface area contributed by atoms with E-state index in [1.165, 1.54) is 0 Å². The van der Waals surface area contributed by atoms with Gasteiger partial charge in [0.2, 0.25) is 0 Å². The number of aromatic nitrogens is 1. The Morgan fingerprint density at radius 3 is 3.00 bits per heavy atom. The fourth-order valence-corrected chi connectivity index (χ4v) is 1.52. The minimum atomic E-state index is 0.0690. The number of hydrogen-bond donors (Lipinski definition) is 1. The van der Waals surface area contributed by atoms with Crippen LogP contribution in [0.3, 0.4) is 0 Å². The lowest BCUT2D eigenvalue weighted by atomic mass is 10.1. The topological polar surface area (TPSA) is 32.9 Å². The molecule has 2 heteroatoms. The minimum Gasteiger partial charge on any atom is -0.361 e. The molecule has 0 saturated carbocycles. The highest BCUT2D eigenvalue weighted by Gasteiger charge is 2.12. The van der Waals surface area contributed by atoms with Gasteiger partial charge in [0.15, 0.2) is 5.43 Å². The average Bonchev–Trinajstić information content (AvgIpc) is 2.59. The van der Waals surface area contributed by atoms with E-state index >= 15 is 0 Å². The van der Waals surface area contributed by atoms with Crippen LogP contribution in [0.5, 0.6) is 0 Å². The molecule has 2 nitrogen and oxygen atoms in total. The first-order valence-corrected chi connectivity index (χ1v) is 4.56. The molecule has 0 atom stereocenters. The molecule has 1 heterocycles. The van der Waals surface area contributed by atoms with Crippen LogP contribution in [0.15, 0.2) is 41.4 Å². The van der Waals surface area contributed by atoms with Gasteiger partial charge in [0, 0.05) is 18.0 Å². The van der Waals surface area contributed by atoms with Crippen LogP contribution in [-0.2, 0) is 0 Å². The molecule has 1 N–H and O–H groups in total. The van der Waals surface area contributed by atoms with E-state index in [1.807, 2.05) is 37.3 Å². The standard InChI is InChI=1S/C12H11NO/c1-2-3-4-9-5-6-10-12(9)11(14)7-8-13-10/h2-8H,1H3,(H,13,14). The first kappa shape index (κ1) is 8.75. The second kappa shape index (κ2) is 3.50. The molecular formula is C12H11NO. The van der Waals surface area contributed by atoms with Crippen molar-refractivity contribution in [2.24, 2.45) is 0 Å². The third-order valence-corrected chi connectivity index (χ3v) is 2.18. The lowest BCUT2D eigenvalue weighted by Crippen LogP contribution is -2.06. The lowest BCUT2D eigenvalue weighted by Gasteiger charge is -1.97. The van der Waals surface area contributed by atoms with Crippen LogP contribution in [0.1, 0.15) is 18.2 Å². The zero-order chi connectivity index (χ0) is 9.97. The third-order valence-electron chi connectivity index (χ3n) is 2.18. The predicted octanol–water partition coefficient (Wildman–Crippen LogP) is 2.36. The van der Waals surface area contributed by atoms with E-state index in [-0.39, 0.29) is 5.43 Å². The van der Waals surface area contributed by atoms with Gasteiger partial charge in [-0.15, -0.1) is 0 Å². The van der Waals surface area contributed by atoms with Crippen LogP contribution < -0.4 is 5.43 Å². The van der Waals surface area contributed by atoms with Crippen molar-refractivity contribution in [2.45, 2.75) is 6.92 Å². The van der Waals surface area contributed by atoms with Gasteiger partial charge in [0.25, 0.3) is 0 Å². The van der Waals surface area contributed by atoms with Crippen LogP contribution in [0, 0.1) is 0 Å². The van der Waals surface area contributed by atoms with Gasteiger partial charge in [-0.05, 0) is 18.6 Å². The van der Waals surface area contributed by atoms with E-state index < -0.39 is 0 Å². The Labute approximate surface area is 82.3 Å². The first-order chi connectivity index (χ1) is 6.83. The fraction of sp³-hybridized carbons (Fsp3) is 0.0833. The second-order valence-corrected chi connectivity index (χ2v) is 3.11. The number of rotatable bonds is 1. The van der Waals surface area contributed by atoms with Crippen LogP contribution in [0.25, 0.3) is 11.6 Å². The maximum Gasteiger partial charge on any atom is 0.189 e. The maximum absolute atomic E-state index is 11.6. The summed E-state index contributed by atoms with van der Waals surface area (Å²) in [4.78, 5) is 14.6. The quantitative estimate of drug-likeness (QED) is 0.715. The Hall–Kier alpha value is -1.83. The highest BCUT2D eigenvalue weighted by atomic mass is 16.1. The second-order valence-electron chi connectivity index (χ2n) is 3.11. The van der Waals surface area contributed by atoms with E-state index in [2.05, 4.69) is 4.98 Å². The Balaban J connectivity index is 2.58. The highest BCUT2D eigenvalue weighted by molar-refractivity contribution is 5.88. The van der Waals surface area contributed by atoms with Crippen LogP contribution in [0.2, 0.25) is 0 Å². The van der Waals surface area contributed by atoms with Crippen molar-refractivity contribution >= 4 is 11.6 Å². The van der Waals surface area contributed by atoms with Gasteiger partial charge in [0.1, 0.15) is 0 Å². The lowest BCUT2D eigenvalue weighted by molar-refractivity contribution is 1.26. The van der Waals surface area contributed by atoms with Gasteiger partial charge >= 0.3 is 0 Å². The molecule has 1 aliphatic carbocycles. The normalized spacial score (nSPS) is 16.8. The van der Waals surface area contributed by atoms with E-state index in [1.54, 1.807) is 12.3 Å². The van der Waals surface area contributed by atoms with Gasteiger partial charge in [0.05, 0.1) is 5.56 Å². The third kappa shape index (κ3) is 1.35. The zero-order valence-electron chi connectivity index (χ0n) is 7.95. The van der Waals surface area contributed by atoms with Gasteiger partial charge in [-0.3, -0.25) is 4.79 Å². The molecule has 1 aromatic rings. The van der Waals surface area contributed by atoms with Crippen molar-refractivity contribution in [1.82, 2.24) is 4.98 Å². The number of H-pyrrole nitrogens is 1. The summed E-state index contributed by atoms with van der Waals surface area (Å²) in [7, 11) is 0. The van der Waals surface area contributed by atoms with E-state index in [0.717, 1.165) is 16.8 Å². The molecule has 0 spiro atoms. The van der Waals surface area contributed by atoms with E-state index in [9.17, 15) is 4.79 Å². The van der Waals surface area contributed by atoms with E-state index in [0.29, 0.717) is 0 Å². The summed E-state index contributed by atoms with van der Waals surface area (Å²) >= 11 is 0. The molecule has 0 unspecified atom stereocenters. The molecule has 0 aromatic carbocycles. The molecule has 0 radical (unpaired) electrons. The average molecular weight is 185 g/mol. The molecule has 14 heavy (non-hydrogen) atoms. The van der Waals surface area contributed by atoms with Crippen molar-refractivity contribution in [2.75, 3.05) is 0 Å². The monoisotopic (exact) mass is 185 g/mol.